The van der Waals surface area contributed by atoms with Gasteiger partial charge in [0.25, 0.3) is 5.91 Å². The van der Waals surface area contributed by atoms with E-state index in [2.05, 4.69) is 29.2 Å². The number of carbonyl (C=O) groups is 2. The SMILES string of the molecule is CN1C(=O)Cc2cc(C(=O)N3CCN(C/C=C/c4ccccc4)CC3)ccc21. The van der Waals surface area contributed by atoms with Crippen LogP contribution in [0, 0.1) is 0 Å². The lowest BCUT2D eigenvalue weighted by Gasteiger charge is -2.34. The van der Waals surface area contributed by atoms with Gasteiger partial charge < -0.3 is 9.80 Å². The second-order valence-corrected chi connectivity index (χ2v) is 7.38. The highest BCUT2D eigenvalue weighted by atomic mass is 16.2. The minimum absolute atomic E-state index is 0.0595. The maximum absolute atomic E-state index is 12.9. The van der Waals surface area contributed by atoms with Crippen LogP contribution in [0.25, 0.3) is 6.08 Å². The molecule has 2 aromatic rings. The number of amides is 2. The summed E-state index contributed by atoms with van der Waals surface area (Å²) in [6, 6.07) is 15.9. The maximum atomic E-state index is 12.9. The number of piperazine rings is 1. The van der Waals surface area contributed by atoms with E-state index >= 15 is 0 Å². The molecule has 2 amide bonds. The lowest BCUT2D eigenvalue weighted by atomic mass is 10.1. The van der Waals surface area contributed by atoms with Gasteiger partial charge in [-0.3, -0.25) is 14.5 Å². The normalized spacial score (nSPS) is 17.4. The Bertz CT molecular complexity index is 899. The average molecular weight is 375 g/mol. The second-order valence-electron chi connectivity index (χ2n) is 7.38. The molecular weight excluding hydrogens is 350 g/mol. The molecule has 2 aliphatic heterocycles. The minimum atomic E-state index is 0.0595. The number of nitrogens with zero attached hydrogens (tertiary/aromatic N) is 3. The average Bonchev–Trinajstić information content (AvgIpc) is 3.02. The number of anilines is 1. The molecule has 0 aromatic heterocycles. The minimum Gasteiger partial charge on any atom is -0.336 e. The summed E-state index contributed by atoms with van der Waals surface area (Å²) in [7, 11) is 1.78. The van der Waals surface area contributed by atoms with Crippen LogP contribution in [0.1, 0.15) is 21.5 Å². The summed E-state index contributed by atoms with van der Waals surface area (Å²) in [5, 5.41) is 0. The summed E-state index contributed by atoms with van der Waals surface area (Å²) in [6.45, 7) is 4.10. The highest BCUT2D eigenvalue weighted by molar-refractivity contribution is 6.03. The Morgan fingerprint density at radius 3 is 2.54 bits per heavy atom. The number of hydrogen-bond acceptors (Lipinski definition) is 3. The number of carbonyl (C=O) groups excluding carboxylic acids is 2. The highest BCUT2D eigenvalue weighted by Gasteiger charge is 2.27. The second kappa shape index (κ2) is 7.98. The van der Waals surface area contributed by atoms with E-state index in [0.717, 1.165) is 44.0 Å². The molecule has 1 fully saturated rings. The monoisotopic (exact) mass is 375 g/mol. The van der Waals surface area contributed by atoms with Gasteiger partial charge in [-0.25, -0.2) is 0 Å². The van der Waals surface area contributed by atoms with Crippen LogP contribution in [0.2, 0.25) is 0 Å². The van der Waals surface area contributed by atoms with Crippen LogP contribution >= 0.6 is 0 Å². The molecule has 0 unspecified atom stereocenters. The fourth-order valence-electron chi connectivity index (χ4n) is 3.82. The number of hydrogen-bond donors (Lipinski definition) is 0. The summed E-state index contributed by atoms with van der Waals surface area (Å²) in [6.07, 6.45) is 4.70. The predicted molar refractivity (Wildman–Crippen MR) is 111 cm³/mol. The molecule has 4 rings (SSSR count). The van der Waals surface area contributed by atoms with Gasteiger partial charge in [0.05, 0.1) is 6.42 Å². The van der Waals surface area contributed by atoms with Crippen molar-refractivity contribution in [1.82, 2.24) is 9.80 Å². The molecule has 0 radical (unpaired) electrons. The van der Waals surface area contributed by atoms with Crippen molar-refractivity contribution in [3.8, 4) is 0 Å². The van der Waals surface area contributed by atoms with Crippen LogP contribution in [-0.2, 0) is 11.2 Å². The molecule has 0 saturated carbocycles. The van der Waals surface area contributed by atoms with Crippen molar-refractivity contribution >= 4 is 23.6 Å². The summed E-state index contributed by atoms with van der Waals surface area (Å²) in [5.41, 5.74) is 3.75. The molecule has 1 saturated heterocycles. The fraction of sp³-hybridized carbons (Fsp3) is 0.304. The summed E-state index contributed by atoms with van der Waals surface area (Å²) >= 11 is 0. The quantitative estimate of drug-likeness (QED) is 0.825. The van der Waals surface area contributed by atoms with E-state index in [-0.39, 0.29) is 11.8 Å². The molecule has 5 heteroatoms. The van der Waals surface area contributed by atoms with E-state index in [1.165, 1.54) is 5.56 Å². The maximum Gasteiger partial charge on any atom is 0.253 e. The Morgan fingerprint density at radius 1 is 1.04 bits per heavy atom. The number of likely N-dealkylation sites (N-methyl/N-ethyl adjacent to an activating group) is 1. The number of fused-ring (bicyclic) bond motifs is 1. The van der Waals surface area contributed by atoms with Gasteiger partial charge in [-0.2, -0.15) is 0 Å². The molecular formula is C23H25N3O2. The topological polar surface area (TPSA) is 43.9 Å². The van der Waals surface area contributed by atoms with Crippen molar-refractivity contribution in [2.75, 3.05) is 44.7 Å². The molecule has 28 heavy (non-hydrogen) atoms. The van der Waals surface area contributed by atoms with Gasteiger partial charge in [-0.1, -0.05) is 42.5 Å². The predicted octanol–water partition coefficient (Wildman–Crippen LogP) is 2.68. The van der Waals surface area contributed by atoms with Gasteiger partial charge in [0.15, 0.2) is 0 Å². The van der Waals surface area contributed by atoms with Crippen LogP contribution in [-0.4, -0.2) is 61.4 Å². The van der Waals surface area contributed by atoms with Gasteiger partial charge in [0.2, 0.25) is 5.91 Å². The summed E-state index contributed by atoms with van der Waals surface area (Å²) < 4.78 is 0. The zero-order valence-corrected chi connectivity index (χ0v) is 16.2. The first-order chi connectivity index (χ1) is 13.6. The zero-order valence-electron chi connectivity index (χ0n) is 16.2. The summed E-state index contributed by atoms with van der Waals surface area (Å²) in [4.78, 5) is 30.6. The molecule has 2 aromatic carbocycles. The molecule has 0 atom stereocenters. The lowest BCUT2D eigenvalue weighted by molar-refractivity contribution is -0.117. The van der Waals surface area contributed by atoms with Gasteiger partial charge in [0.1, 0.15) is 0 Å². The van der Waals surface area contributed by atoms with Gasteiger partial charge in [-0.05, 0) is 29.3 Å². The van der Waals surface area contributed by atoms with Crippen LogP contribution in [0.3, 0.4) is 0 Å². The Morgan fingerprint density at radius 2 is 1.79 bits per heavy atom. The Hall–Kier alpha value is -2.92. The molecule has 144 valence electrons. The van der Waals surface area contributed by atoms with E-state index in [4.69, 9.17) is 0 Å². The van der Waals surface area contributed by atoms with Crippen molar-refractivity contribution in [1.29, 1.82) is 0 Å². The third kappa shape index (κ3) is 3.85. The van der Waals surface area contributed by atoms with Crippen LogP contribution in [0.4, 0.5) is 5.69 Å². The van der Waals surface area contributed by atoms with Gasteiger partial charge in [0, 0.05) is 51.0 Å². The molecule has 0 spiro atoms. The van der Waals surface area contributed by atoms with Crippen molar-refractivity contribution < 1.29 is 9.59 Å². The summed E-state index contributed by atoms with van der Waals surface area (Å²) in [5.74, 6) is 0.140. The van der Waals surface area contributed by atoms with Crippen LogP contribution < -0.4 is 4.90 Å². The third-order valence-corrected chi connectivity index (χ3v) is 5.54. The van der Waals surface area contributed by atoms with E-state index in [0.29, 0.717) is 12.0 Å². The Labute approximate surface area is 165 Å². The van der Waals surface area contributed by atoms with Crippen molar-refractivity contribution in [2.45, 2.75) is 6.42 Å². The van der Waals surface area contributed by atoms with Crippen molar-refractivity contribution in [2.24, 2.45) is 0 Å². The Balaban J connectivity index is 1.31. The zero-order chi connectivity index (χ0) is 19.5. The van der Waals surface area contributed by atoms with Crippen molar-refractivity contribution in [3.05, 3.63) is 71.3 Å². The smallest absolute Gasteiger partial charge is 0.253 e. The lowest BCUT2D eigenvalue weighted by Crippen LogP contribution is -2.48. The van der Waals surface area contributed by atoms with Crippen molar-refractivity contribution in [3.63, 3.8) is 0 Å². The van der Waals surface area contributed by atoms with Gasteiger partial charge >= 0.3 is 0 Å². The van der Waals surface area contributed by atoms with E-state index in [9.17, 15) is 9.59 Å². The molecule has 2 heterocycles. The molecule has 0 bridgehead atoms. The third-order valence-electron chi connectivity index (χ3n) is 5.54. The van der Waals surface area contributed by atoms with Crippen LogP contribution in [0.15, 0.2) is 54.6 Å². The highest BCUT2D eigenvalue weighted by Crippen LogP contribution is 2.28. The molecule has 0 aliphatic carbocycles. The first-order valence-electron chi connectivity index (χ1n) is 9.74. The number of rotatable bonds is 4. The van der Waals surface area contributed by atoms with E-state index in [1.54, 1.807) is 11.9 Å². The fourth-order valence-corrected chi connectivity index (χ4v) is 3.82. The van der Waals surface area contributed by atoms with Crippen LogP contribution in [0.5, 0.6) is 0 Å². The van der Waals surface area contributed by atoms with Gasteiger partial charge in [-0.15, -0.1) is 0 Å². The first-order valence-corrected chi connectivity index (χ1v) is 9.74. The van der Waals surface area contributed by atoms with E-state index in [1.807, 2.05) is 41.3 Å². The molecule has 2 aliphatic rings. The number of benzene rings is 2. The largest absolute Gasteiger partial charge is 0.336 e. The standard InChI is InChI=1S/C23H25N3O2/c1-24-21-10-9-19(16-20(21)17-22(24)27)23(28)26-14-12-25(13-15-26)11-5-8-18-6-3-2-4-7-18/h2-10,16H,11-15,17H2,1H3/b8-5+. The Kier molecular flexibility index (Phi) is 5.26. The van der Waals surface area contributed by atoms with E-state index < -0.39 is 0 Å². The molecule has 5 nitrogen and oxygen atoms in total. The first kappa shape index (κ1) is 18.4. The molecule has 0 N–H and O–H groups in total.